The Labute approximate surface area is 188 Å². The molecule has 0 aliphatic carbocycles. The summed E-state index contributed by atoms with van der Waals surface area (Å²) >= 11 is 0. The van der Waals surface area contributed by atoms with Gasteiger partial charge in [0.05, 0.1) is 22.8 Å². The molecule has 3 aromatic carbocycles. The summed E-state index contributed by atoms with van der Waals surface area (Å²) in [5, 5.41) is 5.86. The fourth-order valence-electron chi connectivity index (χ4n) is 4.65. The third kappa shape index (κ3) is 3.31. The first-order valence-corrected chi connectivity index (χ1v) is 11.3. The quantitative estimate of drug-likeness (QED) is 0.463. The first kappa shape index (κ1) is 19.6. The van der Waals surface area contributed by atoms with E-state index in [4.69, 9.17) is 14.3 Å². The summed E-state index contributed by atoms with van der Waals surface area (Å²) in [5.41, 5.74) is 4.95. The molecular weight excluding hydrogens is 397 g/mol. The van der Waals surface area contributed by atoms with Crippen LogP contribution in [0.25, 0.3) is 32.9 Å². The zero-order chi connectivity index (χ0) is 21.9. The summed E-state index contributed by atoms with van der Waals surface area (Å²) in [7, 11) is -0.422. The van der Waals surface area contributed by atoms with Gasteiger partial charge in [-0.2, -0.15) is 0 Å². The lowest BCUT2D eigenvalue weighted by molar-refractivity contribution is 0.173. The van der Waals surface area contributed by atoms with Crippen LogP contribution in [0.4, 0.5) is 0 Å². The average Bonchev–Trinajstić information content (AvgIpc) is 3.51. The molecule has 4 aromatic rings. The third-order valence-electron chi connectivity index (χ3n) is 6.68. The van der Waals surface area contributed by atoms with Crippen LogP contribution in [0.5, 0.6) is 0 Å². The molecule has 0 spiro atoms. The molecule has 6 heteroatoms. The molecule has 5 nitrogen and oxygen atoms in total. The SMILES string of the molecule is C=C1OB(c2ccc3ccc(-c4ccc5nc([C@@H]6CCCN6)[nH]c5c4)cc3c2)OC1(C)C. The Kier molecular flexibility index (Phi) is 4.42. The van der Waals surface area contributed by atoms with E-state index >= 15 is 0 Å². The summed E-state index contributed by atoms with van der Waals surface area (Å²) in [5.74, 6) is 1.70. The standard InChI is InChI=1S/C26H26BN3O2/c1-16-26(2,3)32-27(31-16)21-10-8-17-6-7-18(13-20(17)14-21)19-9-11-22-24(15-19)30-25(29-22)23-5-4-12-28-23/h6-11,13-15,23,28H,1,4-5,12H2,2-3H3,(H,29,30)/t23-/m0/s1. The highest BCUT2D eigenvalue weighted by Crippen LogP contribution is 2.31. The highest BCUT2D eigenvalue weighted by molar-refractivity contribution is 6.62. The Morgan fingerprint density at radius 3 is 2.62 bits per heavy atom. The molecule has 2 saturated heterocycles. The Morgan fingerprint density at radius 1 is 1.03 bits per heavy atom. The number of nitrogens with one attached hydrogen (secondary N) is 2. The lowest BCUT2D eigenvalue weighted by atomic mass is 9.78. The lowest BCUT2D eigenvalue weighted by Gasteiger charge is -2.15. The molecule has 1 atom stereocenters. The van der Waals surface area contributed by atoms with E-state index in [9.17, 15) is 0 Å². The van der Waals surface area contributed by atoms with Gasteiger partial charge in [0.15, 0.2) is 0 Å². The molecule has 0 amide bonds. The van der Waals surface area contributed by atoms with Gasteiger partial charge in [-0.3, -0.25) is 0 Å². The van der Waals surface area contributed by atoms with Crippen LogP contribution >= 0.6 is 0 Å². The number of rotatable bonds is 3. The molecule has 0 saturated carbocycles. The molecule has 0 radical (unpaired) electrons. The summed E-state index contributed by atoms with van der Waals surface area (Å²) in [6.07, 6.45) is 2.34. The minimum atomic E-state index is -0.478. The third-order valence-corrected chi connectivity index (χ3v) is 6.68. The second-order valence-corrected chi connectivity index (χ2v) is 9.33. The molecule has 0 bridgehead atoms. The van der Waals surface area contributed by atoms with Crippen molar-refractivity contribution in [2.75, 3.05) is 6.54 Å². The molecular formula is C26H26BN3O2. The van der Waals surface area contributed by atoms with Crippen LogP contribution < -0.4 is 10.8 Å². The second-order valence-electron chi connectivity index (χ2n) is 9.33. The zero-order valence-corrected chi connectivity index (χ0v) is 18.4. The van der Waals surface area contributed by atoms with Gasteiger partial charge in [0.1, 0.15) is 11.4 Å². The van der Waals surface area contributed by atoms with Gasteiger partial charge in [0.25, 0.3) is 0 Å². The number of hydrogen-bond donors (Lipinski definition) is 2. The maximum Gasteiger partial charge on any atom is 0.563 e. The highest BCUT2D eigenvalue weighted by Gasteiger charge is 2.42. The van der Waals surface area contributed by atoms with Crippen LogP contribution in [0.3, 0.4) is 0 Å². The van der Waals surface area contributed by atoms with Gasteiger partial charge < -0.3 is 19.6 Å². The molecule has 2 aliphatic heterocycles. The van der Waals surface area contributed by atoms with Gasteiger partial charge in [0.2, 0.25) is 0 Å². The maximum atomic E-state index is 6.07. The fraction of sp³-hybridized carbons (Fsp3) is 0.269. The minimum Gasteiger partial charge on any atom is -0.534 e. The van der Waals surface area contributed by atoms with Crippen LogP contribution in [0.1, 0.15) is 38.6 Å². The summed E-state index contributed by atoms with van der Waals surface area (Å²) in [6.45, 7) is 9.02. The van der Waals surface area contributed by atoms with Crippen molar-refractivity contribution < 1.29 is 9.31 Å². The lowest BCUT2D eigenvalue weighted by Crippen LogP contribution is -2.34. The molecule has 160 valence electrons. The van der Waals surface area contributed by atoms with Gasteiger partial charge in [0, 0.05) is 0 Å². The Balaban J connectivity index is 1.34. The van der Waals surface area contributed by atoms with Crippen molar-refractivity contribution in [2.45, 2.75) is 38.3 Å². The number of H-pyrrole nitrogens is 1. The van der Waals surface area contributed by atoms with Gasteiger partial charge >= 0.3 is 7.12 Å². The number of benzene rings is 3. The molecule has 1 aromatic heterocycles. The number of aromatic nitrogens is 2. The number of hydrogen-bond acceptors (Lipinski definition) is 4. The van der Waals surface area contributed by atoms with Crippen molar-refractivity contribution in [1.82, 2.24) is 15.3 Å². The summed E-state index contributed by atoms with van der Waals surface area (Å²) in [4.78, 5) is 8.33. The van der Waals surface area contributed by atoms with Crippen LogP contribution in [0.2, 0.25) is 0 Å². The van der Waals surface area contributed by atoms with Crippen LogP contribution in [0, 0.1) is 0 Å². The van der Waals surface area contributed by atoms with Crippen molar-refractivity contribution in [1.29, 1.82) is 0 Å². The van der Waals surface area contributed by atoms with Gasteiger partial charge in [-0.05, 0) is 78.8 Å². The number of fused-ring (bicyclic) bond motifs is 2. The van der Waals surface area contributed by atoms with Crippen molar-refractivity contribution >= 4 is 34.4 Å². The molecule has 2 N–H and O–H groups in total. The second kappa shape index (κ2) is 7.22. The number of imidazole rings is 1. The molecule has 0 unspecified atom stereocenters. The first-order valence-electron chi connectivity index (χ1n) is 11.3. The Bertz CT molecular complexity index is 1350. The van der Waals surface area contributed by atoms with E-state index in [1.165, 1.54) is 22.9 Å². The highest BCUT2D eigenvalue weighted by atomic mass is 16.7. The van der Waals surface area contributed by atoms with E-state index < -0.39 is 12.7 Å². The van der Waals surface area contributed by atoms with E-state index in [2.05, 4.69) is 71.5 Å². The first-order chi connectivity index (χ1) is 15.5. The van der Waals surface area contributed by atoms with Crippen LogP contribution in [0.15, 0.2) is 66.9 Å². The van der Waals surface area contributed by atoms with Crippen molar-refractivity contribution in [3.8, 4) is 11.1 Å². The predicted octanol–water partition coefficient (Wildman–Crippen LogP) is 4.84. The molecule has 3 heterocycles. The monoisotopic (exact) mass is 423 g/mol. The maximum absolute atomic E-state index is 6.07. The predicted molar refractivity (Wildman–Crippen MR) is 130 cm³/mol. The average molecular weight is 423 g/mol. The normalized spacial score (nSPS) is 20.4. The van der Waals surface area contributed by atoms with E-state index in [0.29, 0.717) is 11.8 Å². The van der Waals surface area contributed by atoms with Gasteiger partial charge in [-0.1, -0.05) is 43.0 Å². The smallest absolute Gasteiger partial charge is 0.534 e. The van der Waals surface area contributed by atoms with E-state index in [1.54, 1.807) is 0 Å². The molecule has 2 fully saturated rings. The fourth-order valence-corrected chi connectivity index (χ4v) is 4.65. The molecule has 2 aliphatic rings. The summed E-state index contributed by atoms with van der Waals surface area (Å²) < 4.78 is 12.0. The minimum absolute atomic E-state index is 0.339. The summed E-state index contributed by atoms with van der Waals surface area (Å²) in [6, 6.07) is 19.7. The van der Waals surface area contributed by atoms with E-state index in [-0.39, 0.29) is 0 Å². The van der Waals surface area contributed by atoms with Gasteiger partial charge in [-0.15, -0.1) is 0 Å². The van der Waals surface area contributed by atoms with E-state index in [0.717, 1.165) is 40.7 Å². The Hall–Kier alpha value is -3.09. The van der Waals surface area contributed by atoms with Crippen molar-refractivity contribution in [3.63, 3.8) is 0 Å². The molecule has 32 heavy (non-hydrogen) atoms. The number of aromatic amines is 1. The molecule has 6 rings (SSSR count). The van der Waals surface area contributed by atoms with Crippen molar-refractivity contribution in [3.05, 3.63) is 72.8 Å². The van der Waals surface area contributed by atoms with Crippen molar-refractivity contribution in [2.24, 2.45) is 0 Å². The van der Waals surface area contributed by atoms with Gasteiger partial charge in [-0.25, -0.2) is 4.98 Å². The van der Waals surface area contributed by atoms with Crippen LogP contribution in [-0.4, -0.2) is 29.2 Å². The topological polar surface area (TPSA) is 59.2 Å². The Morgan fingerprint density at radius 2 is 1.84 bits per heavy atom. The zero-order valence-electron chi connectivity index (χ0n) is 18.4. The number of nitrogens with zero attached hydrogens (tertiary/aromatic N) is 1. The largest absolute Gasteiger partial charge is 0.563 e. The van der Waals surface area contributed by atoms with E-state index in [1.807, 2.05) is 13.8 Å². The van der Waals surface area contributed by atoms with Crippen LogP contribution in [-0.2, 0) is 9.31 Å².